The van der Waals surface area contributed by atoms with Crippen LogP contribution >= 0.6 is 0 Å². The Morgan fingerprint density at radius 3 is 2.88 bits per heavy atom. The molecule has 0 amide bonds. The monoisotopic (exact) mass is 219 g/mol. The van der Waals surface area contributed by atoms with Crippen molar-refractivity contribution in [2.45, 2.75) is 20.4 Å². The second kappa shape index (κ2) is 4.53. The Hall–Kier alpha value is -1.55. The van der Waals surface area contributed by atoms with Gasteiger partial charge >= 0.3 is 0 Å². The maximum absolute atomic E-state index is 5.75. The lowest BCUT2D eigenvalue weighted by Gasteiger charge is -1.98. The van der Waals surface area contributed by atoms with Crippen molar-refractivity contribution in [2.24, 2.45) is 7.05 Å². The summed E-state index contributed by atoms with van der Waals surface area (Å²) in [5.74, 6) is 1.85. The van der Waals surface area contributed by atoms with Crippen LogP contribution in [0.25, 0.3) is 11.3 Å². The van der Waals surface area contributed by atoms with Crippen LogP contribution in [0.2, 0.25) is 0 Å². The van der Waals surface area contributed by atoms with Crippen molar-refractivity contribution in [3.8, 4) is 11.3 Å². The third kappa shape index (κ3) is 2.02. The molecule has 16 heavy (non-hydrogen) atoms. The van der Waals surface area contributed by atoms with E-state index in [0.29, 0.717) is 0 Å². The van der Waals surface area contributed by atoms with Gasteiger partial charge < -0.3 is 9.73 Å². The van der Waals surface area contributed by atoms with Gasteiger partial charge in [0.05, 0.1) is 18.3 Å². The first kappa shape index (κ1) is 11.0. The van der Waals surface area contributed by atoms with E-state index in [1.807, 2.05) is 37.0 Å². The average molecular weight is 219 g/mol. The number of hydrogen-bond donors (Lipinski definition) is 1. The fourth-order valence-corrected chi connectivity index (χ4v) is 1.61. The fraction of sp³-hybridized carbons (Fsp3) is 0.417. The third-order valence-corrected chi connectivity index (χ3v) is 2.71. The van der Waals surface area contributed by atoms with Crippen molar-refractivity contribution >= 4 is 0 Å². The van der Waals surface area contributed by atoms with E-state index >= 15 is 0 Å². The smallest absolute Gasteiger partial charge is 0.137 e. The molecule has 0 spiro atoms. The quantitative estimate of drug-likeness (QED) is 0.856. The van der Waals surface area contributed by atoms with Gasteiger partial charge in [-0.2, -0.15) is 5.10 Å². The number of nitrogens with zero attached hydrogens (tertiary/aromatic N) is 2. The van der Waals surface area contributed by atoms with Gasteiger partial charge in [0.1, 0.15) is 11.5 Å². The predicted octanol–water partition coefficient (Wildman–Crippen LogP) is 2.10. The lowest BCUT2D eigenvalue weighted by molar-refractivity contribution is 0.498. The largest absolute Gasteiger partial charge is 0.460 e. The van der Waals surface area contributed by atoms with Crippen molar-refractivity contribution in [1.29, 1.82) is 0 Å². The van der Waals surface area contributed by atoms with Crippen LogP contribution in [0, 0.1) is 6.92 Å². The van der Waals surface area contributed by atoms with Gasteiger partial charge in [-0.05, 0) is 25.6 Å². The number of aryl methyl sites for hydroxylation is 1. The summed E-state index contributed by atoms with van der Waals surface area (Å²) < 4.78 is 7.60. The second-order valence-corrected chi connectivity index (χ2v) is 3.81. The summed E-state index contributed by atoms with van der Waals surface area (Å²) in [6.07, 6.45) is 1.84. The minimum Gasteiger partial charge on any atom is -0.460 e. The van der Waals surface area contributed by atoms with Crippen molar-refractivity contribution in [3.63, 3.8) is 0 Å². The maximum atomic E-state index is 5.75. The Morgan fingerprint density at radius 1 is 1.44 bits per heavy atom. The van der Waals surface area contributed by atoms with Crippen LogP contribution in [0.1, 0.15) is 18.4 Å². The van der Waals surface area contributed by atoms with Gasteiger partial charge in [0.25, 0.3) is 0 Å². The molecule has 0 atom stereocenters. The van der Waals surface area contributed by atoms with Gasteiger partial charge in [-0.15, -0.1) is 0 Å². The van der Waals surface area contributed by atoms with Crippen molar-refractivity contribution < 1.29 is 4.42 Å². The predicted molar refractivity (Wildman–Crippen MR) is 63.0 cm³/mol. The molecule has 2 rings (SSSR count). The number of aromatic nitrogens is 2. The minimum atomic E-state index is 0.774. The first-order valence-electron chi connectivity index (χ1n) is 5.50. The Morgan fingerprint density at radius 2 is 2.25 bits per heavy atom. The van der Waals surface area contributed by atoms with E-state index in [2.05, 4.69) is 17.3 Å². The molecule has 4 nitrogen and oxygen atoms in total. The highest BCUT2D eigenvalue weighted by Crippen LogP contribution is 2.24. The molecule has 0 aliphatic rings. The zero-order valence-electron chi connectivity index (χ0n) is 9.95. The topological polar surface area (TPSA) is 43.0 Å². The van der Waals surface area contributed by atoms with E-state index in [0.717, 1.165) is 35.9 Å². The van der Waals surface area contributed by atoms with Gasteiger partial charge in [-0.1, -0.05) is 6.92 Å². The lowest BCUT2D eigenvalue weighted by atomic mass is 10.2. The molecule has 0 aliphatic heterocycles. The minimum absolute atomic E-state index is 0.774. The summed E-state index contributed by atoms with van der Waals surface area (Å²) in [6.45, 7) is 5.84. The van der Waals surface area contributed by atoms with Crippen molar-refractivity contribution in [3.05, 3.63) is 29.8 Å². The van der Waals surface area contributed by atoms with Crippen molar-refractivity contribution in [2.75, 3.05) is 6.54 Å². The molecule has 0 unspecified atom stereocenters. The highest BCUT2D eigenvalue weighted by Gasteiger charge is 2.10. The molecule has 0 fully saturated rings. The van der Waals surface area contributed by atoms with Crippen molar-refractivity contribution in [1.82, 2.24) is 15.1 Å². The van der Waals surface area contributed by atoms with E-state index in [1.54, 1.807) is 0 Å². The molecular weight excluding hydrogens is 202 g/mol. The normalized spacial score (nSPS) is 10.9. The molecule has 0 bridgehead atoms. The molecular formula is C12H17N3O. The number of nitrogens with one attached hydrogen (secondary N) is 1. The molecule has 86 valence electrons. The maximum Gasteiger partial charge on any atom is 0.137 e. The van der Waals surface area contributed by atoms with Crippen LogP contribution in [-0.4, -0.2) is 16.3 Å². The molecule has 0 saturated heterocycles. The van der Waals surface area contributed by atoms with Gasteiger partial charge in [0.15, 0.2) is 0 Å². The van der Waals surface area contributed by atoms with Crippen LogP contribution in [0.15, 0.2) is 22.7 Å². The molecule has 4 heteroatoms. The second-order valence-electron chi connectivity index (χ2n) is 3.81. The Kier molecular flexibility index (Phi) is 3.10. The summed E-state index contributed by atoms with van der Waals surface area (Å²) in [4.78, 5) is 0. The molecule has 0 aliphatic carbocycles. The van der Waals surface area contributed by atoms with E-state index in [9.17, 15) is 0 Å². The van der Waals surface area contributed by atoms with E-state index in [4.69, 9.17) is 4.42 Å². The molecule has 2 aromatic heterocycles. The molecule has 2 aromatic rings. The standard InChI is InChI=1S/C12H17N3O/c1-4-13-7-10-5-6-12(16-10)11-8-14-15(3)9(11)2/h5-6,8,13H,4,7H2,1-3H3. The third-order valence-electron chi connectivity index (χ3n) is 2.71. The Labute approximate surface area is 95.3 Å². The summed E-state index contributed by atoms with van der Waals surface area (Å²) >= 11 is 0. The van der Waals surface area contributed by atoms with Crippen LogP contribution < -0.4 is 5.32 Å². The highest BCUT2D eigenvalue weighted by molar-refractivity contribution is 5.59. The van der Waals surface area contributed by atoms with Gasteiger partial charge in [0, 0.05) is 12.7 Å². The SMILES string of the molecule is CCNCc1ccc(-c2cnn(C)c2C)o1. The molecule has 2 heterocycles. The van der Waals surface area contributed by atoms with E-state index < -0.39 is 0 Å². The van der Waals surface area contributed by atoms with Gasteiger partial charge in [-0.25, -0.2) is 0 Å². The molecule has 0 aromatic carbocycles. The van der Waals surface area contributed by atoms with Gasteiger partial charge in [-0.3, -0.25) is 4.68 Å². The lowest BCUT2D eigenvalue weighted by Crippen LogP contribution is -2.10. The van der Waals surface area contributed by atoms with Crippen LogP contribution in [-0.2, 0) is 13.6 Å². The molecule has 0 saturated carbocycles. The number of rotatable bonds is 4. The summed E-state index contributed by atoms with van der Waals surface area (Å²) in [7, 11) is 1.93. The van der Waals surface area contributed by atoms with E-state index in [1.165, 1.54) is 0 Å². The molecule has 1 N–H and O–H groups in total. The summed E-state index contributed by atoms with van der Waals surface area (Å²) in [5, 5.41) is 7.44. The fourth-order valence-electron chi connectivity index (χ4n) is 1.61. The number of furan rings is 1. The zero-order valence-corrected chi connectivity index (χ0v) is 9.95. The zero-order chi connectivity index (χ0) is 11.5. The first-order valence-corrected chi connectivity index (χ1v) is 5.50. The van der Waals surface area contributed by atoms with E-state index in [-0.39, 0.29) is 0 Å². The van der Waals surface area contributed by atoms with Gasteiger partial charge in [0.2, 0.25) is 0 Å². The van der Waals surface area contributed by atoms with Crippen LogP contribution in [0.3, 0.4) is 0 Å². The number of hydrogen-bond acceptors (Lipinski definition) is 3. The van der Waals surface area contributed by atoms with Crippen LogP contribution in [0.5, 0.6) is 0 Å². The highest BCUT2D eigenvalue weighted by atomic mass is 16.3. The molecule has 0 radical (unpaired) electrons. The summed E-state index contributed by atoms with van der Waals surface area (Å²) in [6, 6.07) is 4.00. The summed E-state index contributed by atoms with van der Waals surface area (Å²) in [5.41, 5.74) is 2.18. The average Bonchev–Trinajstić information content (AvgIpc) is 2.85. The Bertz CT molecular complexity index is 470. The first-order chi connectivity index (χ1) is 7.72. The van der Waals surface area contributed by atoms with Crippen LogP contribution in [0.4, 0.5) is 0 Å². The Balaban J connectivity index is 2.21.